The summed E-state index contributed by atoms with van der Waals surface area (Å²) in [7, 11) is 0. The molecule has 22 heavy (non-hydrogen) atoms. The summed E-state index contributed by atoms with van der Waals surface area (Å²) in [6.45, 7) is 9.15. The Bertz CT molecular complexity index is 713. The minimum Gasteiger partial charge on any atom is -0.444 e. The summed E-state index contributed by atoms with van der Waals surface area (Å²) in [6.07, 6.45) is 1.29. The first-order valence-electron chi connectivity index (χ1n) is 6.96. The number of hydrogen-bond donors (Lipinski definition) is 1. The Kier molecular flexibility index (Phi) is 4.16. The zero-order valence-corrected chi connectivity index (χ0v) is 13.3. The normalized spacial score (nSPS) is 11.7. The Morgan fingerprint density at radius 2 is 2.09 bits per heavy atom. The molecular weight excluding hydrogens is 286 g/mol. The third-order valence-corrected chi connectivity index (χ3v) is 2.72. The van der Waals surface area contributed by atoms with Crippen molar-refractivity contribution in [2.75, 3.05) is 5.32 Å². The van der Waals surface area contributed by atoms with Crippen LogP contribution in [-0.2, 0) is 4.74 Å². The number of hydrogen-bond acceptors (Lipinski definition) is 6. The van der Waals surface area contributed by atoms with Crippen LogP contribution in [0.15, 0.2) is 10.6 Å². The summed E-state index contributed by atoms with van der Waals surface area (Å²) in [5.74, 6) is 0.532. The SMILES string of the molecule is CC(C)c1oc2ncc(C=O)nc2c1NC(=O)OC(C)(C)C. The number of carbonyl (C=O) groups is 2. The highest BCUT2D eigenvalue weighted by atomic mass is 16.6. The van der Waals surface area contributed by atoms with Crippen molar-refractivity contribution in [3.63, 3.8) is 0 Å². The number of fused-ring (bicyclic) bond motifs is 1. The second kappa shape index (κ2) is 5.75. The first-order valence-corrected chi connectivity index (χ1v) is 6.96. The first-order chi connectivity index (χ1) is 10.2. The van der Waals surface area contributed by atoms with Crippen LogP contribution < -0.4 is 5.32 Å². The van der Waals surface area contributed by atoms with Crippen LogP contribution in [0.2, 0.25) is 0 Å². The molecule has 0 unspecified atom stereocenters. The van der Waals surface area contributed by atoms with Crippen LogP contribution in [0.3, 0.4) is 0 Å². The Morgan fingerprint density at radius 3 is 2.64 bits per heavy atom. The van der Waals surface area contributed by atoms with Crippen molar-refractivity contribution in [2.24, 2.45) is 0 Å². The maximum atomic E-state index is 12.0. The molecule has 2 aromatic heterocycles. The number of carbonyl (C=O) groups excluding carboxylic acids is 2. The highest BCUT2D eigenvalue weighted by Gasteiger charge is 2.24. The third kappa shape index (κ3) is 3.41. The van der Waals surface area contributed by atoms with E-state index in [4.69, 9.17) is 9.15 Å². The van der Waals surface area contributed by atoms with Gasteiger partial charge in [0.25, 0.3) is 0 Å². The molecule has 7 nitrogen and oxygen atoms in total. The summed E-state index contributed by atoms with van der Waals surface area (Å²) in [5.41, 5.74) is 0.521. The minimum absolute atomic E-state index is 0.000572. The van der Waals surface area contributed by atoms with E-state index in [0.29, 0.717) is 23.3 Å². The number of ether oxygens (including phenoxy) is 1. The molecule has 0 radical (unpaired) electrons. The average Bonchev–Trinajstić information content (AvgIpc) is 2.74. The predicted molar refractivity (Wildman–Crippen MR) is 81.1 cm³/mol. The van der Waals surface area contributed by atoms with Crippen LogP contribution in [0.5, 0.6) is 0 Å². The Labute approximate surface area is 128 Å². The van der Waals surface area contributed by atoms with Gasteiger partial charge in [0.05, 0.1) is 6.20 Å². The van der Waals surface area contributed by atoms with Gasteiger partial charge >= 0.3 is 6.09 Å². The van der Waals surface area contributed by atoms with E-state index in [2.05, 4.69) is 15.3 Å². The number of furan rings is 1. The van der Waals surface area contributed by atoms with E-state index in [-0.39, 0.29) is 17.3 Å². The highest BCUT2D eigenvalue weighted by molar-refractivity contribution is 5.97. The molecule has 2 heterocycles. The van der Waals surface area contributed by atoms with Crippen molar-refractivity contribution in [2.45, 2.75) is 46.1 Å². The van der Waals surface area contributed by atoms with E-state index in [1.54, 1.807) is 20.8 Å². The van der Waals surface area contributed by atoms with Crippen LogP contribution in [0.25, 0.3) is 11.2 Å². The topological polar surface area (TPSA) is 94.3 Å². The van der Waals surface area contributed by atoms with E-state index in [1.807, 2.05) is 13.8 Å². The lowest BCUT2D eigenvalue weighted by Crippen LogP contribution is -2.27. The predicted octanol–water partition coefficient (Wildman–Crippen LogP) is 3.51. The summed E-state index contributed by atoms with van der Waals surface area (Å²) in [5, 5.41) is 2.65. The number of amides is 1. The van der Waals surface area contributed by atoms with Gasteiger partial charge < -0.3 is 9.15 Å². The van der Waals surface area contributed by atoms with E-state index in [0.717, 1.165) is 0 Å². The van der Waals surface area contributed by atoms with Gasteiger partial charge in [-0.2, -0.15) is 0 Å². The zero-order chi connectivity index (χ0) is 16.5. The lowest BCUT2D eigenvalue weighted by molar-refractivity contribution is 0.0635. The second-order valence-electron chi connectivity index (χ2n) is 6.19. The molecule has 2 rings (SSSR count). The van der Waals surface area contributed by atoms with E-state index in [9.17, 15) is 9.59 Å². The van der Waals surface area contributed by atoms with Crippen LogP contribution >= 0.6 is 0 Å². The highest BCUT2D eigenvalue weighted by Crippen LogP contribution is 2.33. The number of aldehydes is 1. The molecule has 0 aliphatic rings. The molecule has 0 atom stereocenters. The van der Waals surface area contributed by atoms with Crippen molar-refractivity contribution in [3.05, 3.63) is 17.7 Å². The number of anilines is 1. The van der Waals surface area contributed by atoms with E-state index >= 15 is 0 Å². The van der Waals surface area contributed by atoms with Crippen LogP contribution in [0.1, 0.15) is 56.8 Å². The van der Waals surface area contributed by atoms with Crippen LogP contribution in [0.4, 0.5) is 10.5 Å². The van der Waals surface area contributed by atoms with Crippen molar-refractivity contribution >= 4 is 29.3 Å². The fourth-order valence-corrected chi connectivity index (χ4v) is 1.89. The quantitative estimate of drug-likeness (QED) is 0.872. The second-order valence-corrected chi connectivity index (χ2v) is 6.19. The molecule has 0 saturated carbocycles. The summed E-state index contributed by atoms with van der Waals surface area (Å²) in [4.78, 5) is 31.1. The van der Waals surface area contributed by atoms with Gasteiger partial charge in [-0.1, -0.05) is 13.8 Å². The molecule has 0 fully saturated rings. The molecule has 0 saturated heterocycles. The Morgan fingerprint density at radius 1 is 1.41 bits per heavy atom. The van der Waals surface area contributed by atoms with Gasteiger partial charge in [0.2, 0.25) is 5.71 Å². The van der Waals surface area contributed by atoms with Crippen LogP contribution in [-0.4, -0.2) is 27.9 Å². The van der Waals surface area contributed by atoms with Gasteiger partial charge in [0, 0.05) is 5.92 Å². The molecule has 0 spiro atoms. The molecule has 0 bridgehead atoms. The molecule has 0 aromatic carbocycles. The number of rotatable bonds is 3. The number of aromatic nitrogens is 2. The number of nitrogens with zero attached hydrogens (tertiary/aromatic N) is 2. The lowest BCUT2D eigenvalue weighted by Gasteiger charge is -2.19. The minimum atomic E-state index is -0.624. The van der Waals surface area contributed by atoms with Gasteiger partial charge in [-0.15, -0.1) is 0 Å². The van der Waals surface area contributed by atoms with Crippen molar-refractivity contribution in [1.82, 2.24) is 9.97 Å². The molecule has 0 aliphatic heterocycles. The van der Waals surface area contributed by atoms with E-state index in [1.165, 1.54) is 6.20 Å². The average molecular weight is 305 g/mol. The molecule has 1 amide bonds. The van der Waals surface area contributed by atoms with Crippen molar-refractivity contribution < 1.29 is 18.7 Å². The van der Waals surface area contributed by atoms with Gasteiger partial charge in [-0.3, -0.25) is 10.1 Å². The standard InChI is InChI=1S/C15H19N3O4/c1-8(2)12-10(18-14(20)22-15(3,4)5)11-13(21-12)16-6-9(7-19)17-11/h6-8H,1-5H3,(H,18,20). The van der Waals surface area contributed by atoms with Crippen LogP contribution in [0, 0.1) is 0 Å². The van der Waals surface area contributed by atoms with Gasteiger partial charge in [-0.05, 0) is 20.8 Å². The smallest absolute Gasteiger partial charge is 0.412 e. The van der Waals surface area contributed by atoms with Crippen molar-refractivity contribution in [3.8, 4) is 0 Å². The Balaban J connectivity index is 2.47. The molecule has 2 aromatic rings. The van der Waals surface area contributed by atoms with Gasteiger partial charge in [0.1, 0.15) is 22.7 Å². The fraction of sp³-hybridized carbons (Fsp3) is 0.467. The van der Waals surface area contributed by atoms with E-state index < -0.39 is 11.7 Å². The molecule has 1 N–H and O–H groups in total. The molecule has 0 aliphatic carbocycles. The molecule has 118 valence electrons. The maximum Gasteiger partial charge on any atom is 0.412 e. The largest absolute Gasteiger partial charge is 0.444 e. The zero-order valence-electron chi connectivity index (χ0n) is 13.3. The summed E-state index contributed by atoms with van der Waals surface area (Å²) >= 11 is 0. The van der Waals surface area contributed by atoms with Gasteiger partial charge in [0.15, 0.2) is 11.8 Å². The number of nitrogens with one attached hydrogen (secondary N) is 1. The molecular formula is C15H19N3O4. The molecule has 7 heteroatoms. The van der Waals surface area contributed by atoms with Gasteiger partial charge in [-0.25, -0.2) is 14.8 Å². The first kappa shape index (κ1) is 15.9. The summed E-state index contributed by atoms with van der Waals surface area (Å²) in [6, 6.07) is 0. The van der Waals surface area contributed by atoms with Crippen molar-refractivity contribution in [1.29, 1.82) is 0 Å². The maximum absolute atomic E-state index is 12.0. The third-order valence-electron chi connectivity index (χ3n) is 2.72. The fourth-order valence-electron chi connectivity index (χ4n) is 1.89. The lowest BCUT2D eigenvalue weighted by atomic mass is 10.1. The monoisotopic (exact) mass is 305 g/mol. The Hall–Kier alpha value is -2.44. The summed E-state index contributed by atoms with van der Waals surface area (Å²) < 4.78 is 10.9.